The van der Waals surface area contributed by atoms with Crippen LogP contribution in [0.5, 0.6) is 0 Å². The summed E-state index contributed by atoms with van der Waals surface area (Å²) in [5.74, 6) is -0.778. The molecule has 8 nitrogen and oxygen atoms in total. The Morgan fingerprint density at radius 3 is 2.12 bits per heavy atom. The average molecular weight is 457 g/mol. The van der Waals surface area contributed by atoms with Gasteiger partial charge in [-0.1, -0.05) is 0 Å². The molecule has 0 aliphatic carbocycles. The van der Waals surface area contributed by atoms with Crippen molar-refractivity contribution in [1.29, 1.82) is 0 Å². The van der Waals surface area contributed by atoms with Crippen molar-refractivity contribution >= 4 is 56.1 Å². The minimum atomic E-state index is -0.389. The monoisotopic (exact) mass is 456 g/mol. The van der Waals surface area contributed by atoms with Gasteiger partial charge in [-0.3, -0.25) is 14.9 Å². The highest BCUT2D eigenvalue weighted by Gasteiger charge is 2.35. The van der Waals surface area contributed by atoms with Gasteiger partial charge in [0.05, 0.1) is 11.1 Å². The van der Waals surface area contributed by atoms with E-state index in [9.17, 15) is 9.59 Å². The number of benzene rings is 2. The summed E-state index contributed by atoms with van der Waals surface area (Å²) in [6, 6.07) is 12.2. The van der Waals surface area contributed by atoms with E-state index in [4.69, 9.17) is 5.73 Å². The van der Waals surface area contributed by atoms with E-state index in [1.54, 1.807) is 0 Å². The number of carbonyl (C=O) groups excluding carboxylic acids is 2. The summed E-state index contributed by atoms with van der Waals surface area (Å²) in [6.07, 6.45) is 3.74. The molecule has 3 heterocycles. The lowest BCUT2D eigenvalue weighted by atomic mass is 9.95. The van der Waals surface area contributed by atoms with Crippen LogP contribution in [-0.2, 0) is 16.1 Å². The van der Waals surface area contributed by atoms with Crippen molar-refractivity contribution in [2.24, 2.45) is 5.73 Å². The smallest absolute Gasteiger partial charge is 0.259 e. The number of amides is 2. The number of hydrogen-bond acceptors (Lipinski definition) is 5. The van der Waals surface area contributed by atoms with Gasteiger partial charge in [0.25, 0.3) is 11.8 Å². The Morgan fingerprint density at radius 1 is 0.853 bits per heavy atom. The third-order valence-electron chi connectivity index (χ3n) is 6.40. The highest BCUT2D eigenvalue weighted by atomic mass is 16.2. The van der Waals surface area contributed by atoms with Gasteiger partial charge < -0.3 is 25.1 Å². The summed E-state index contributed by atoms with van der Waals surface area (Å²) in [6.45, 7) is 1.07. The van der Waals surface area contributed by atoms with Gasteiger partial charge >= 0.3 is 0 Å². The molecule has 5 rings (SSSR count). The summed E-state index contributed by atoms with van der Waals surface area (Å²) in [5.41, 5.74) is 12.0. The second-order valence-electron chi connectivity index (χ2n) is 8.98. The molecule has 1 aliphatic rings. The maximum Gasteiger partial charge on any atom is 0.259 e. The molecule has 1 aliphatic heterocycles. The van der Waals surface area contributed by atoms with Crippen LogP contribution in [0.4, 0.5) is 11.4 Å². The van der Waals surface area contributed by atoms with Crippen LogP contribution in [0.25, 0.3) is 33.0 Å². The van der Waals surface area contributed by atoms with Gasteiger partial charge in [-0.05, 0) is 36.4 Å². The Bertz CT molecular complexity index is 1490. The van der Waals surface area contributed by atoms with Crippen LogP contribution in [0.3, 0.4) is 0 Å². The van der Waals surface area contributed by atoms with Crippen LogP contribution in [0.15, 0.2) is 48.8 Å². The number of nitrogens with two attached hydrogens (primary N) is 1. The second kappa shape index (κ2) is 8.07. The Hall–Kier alpha value is -4.04. The third kappa shape index (κ3) is 3.34. The summed E-state index contributed by atoms with van der Waals surface area (Å²) < 4.78 is 2.05. The maximum atomic E-state index is 13.2. The molecule has 0 bridgehead atoms. The number of H-pyrrole nitrogens is 1. The van der Waals surface area contributed by atoms with E-state index >= 15 is 0 Å². The first-order valence-electron chi connectivity index (χ1n) is 11.2. The number of aromatic nitrogens is 2. The fourth-order valence-corrected chi connectivity index (χ4v) is 4.65. The molecule has 0 spiro atoms. The number of aromatic amines is 1. The quantitative estimate of drug-likeness (QED) is 0.388. The van der Waals surface area contributed by atoms with Gasteiger partial charge in [0, 0.05) is 98.0 Å². The van der Waals surface area contributed by atoms with E-state index in [1.807, 2.05) is 85.3 Å². The molecule has 0 saturated carbocycles. The van der Waals surface area contributed by atoms with Crippen molar-refractivity contribution in [2.45, 2.75) is 6.54 Å². The van der Waals surface area contributed by atoms with Crippen molar-refractivity contribution in [3.05, 3.63) is 59.9 Å². The first kappa shape index (κ1) is 21.8. The van der Waals surface area contributed by atoms with Gasteiger partial charge in [0.15, 0.2) is 0 Å². The van der Waals surface area contributed by atoms with Gasteiger partial charge in [0.1, 0.15) is 0 Å². The Morgan fingerprint density at radius 2 is 1.47 bits per heavy atom. The lowest BCUT2D eigenvalue weighted by molar-refractivity contribution is -0.122. The number of rotatable bonds is 6. The number of fused-ring (bicyclic) bond motifs is 2. The van der Waals surface area contributed by atoms with Crippen LogP contribution in [0.1, 0.15) is 11.1 Å². The summed E-state index contributed by atoms with van der Waals surface area (Å²) in [7, 11) is 7.89. The number of anilines is 2. The lowest BCUT2D eigenvalue weighted by Crippen LogP contribution is -2.22. The van der Waals surface area contributed by atoms with Crippen LogP contribution < -0.4 is 20.9 Å². The Balaban J connectivity index is 1.81. The average Bonchev–Trinajstić information content (AvgIpc) is 3.46. The first-order valence-corrected chi connectivity index (χ1v) is 11.2. The third-order valence-corrected chi connectivity index (χ3v) is 6.40. The predicted molar refractivity (Wildman–Crippen MR) is 138 cm³/mol. The summed E-state index contributed by atoms with van der Waals surface area (Å²) in [4.78, 5) is 33.6. The van der Waals surface area contributed by atoms with Crippen LogP contribution >= 0.6 is 0 Å². The van der Waals surface area contributed by atoms with E-state index in [2.05, 4.69) is 16.4 Å². The van der Waals surface area contributed by atoms with Gasteiger partial charge in [-0.15, -0.1) is 0 Å². The van der Waals surface area contributed by atoms with E-state index < -0.39 is 0 Å². The molecule has 4 aromatic rings. The van der Waals surface area contributed by atoms with Crippen molar-refractivity contribution in [1.82, 2.24) is 14.9 Å². The molecule has 2 aromatic carbocycles. The van der Waals surface area contributed by atoms with Crippen molar-refractivity contribution < 1.29 is 9.59 Å². The maximum absolute atomic E-state index is 13.2. The predicted octanol–water partition coefficient (Wildman–Crippen LogP) is 2.78. The SMILES string of the molecule is CN(C)c1ccc2[nH]cc(C3=C(c4cn(CCN)c5ccc(N(C)C)cc45)C(=O)NC3=O)c2c1. The highest BCUT2D eigenvalue weighted by molar-refractivity contribution is 6.50. The molecule has 0 saturated heterocycles. The zero-order valence-electron chi connectivity index (χ0n) is 19.8. The van der Waals surface area contributed by atoms with Crippen LogP contribution in [-0.4, -0.2) is 56.1 Å². The number of nitrogens with one attached hydrogen (secondary N) is 2. The first-order chi connectivity index (χ1) is 16.3. The Labute approximate surface area is 197 Å². The largest absolute Gasteiger partial charge is 0.378 e. The van der Waals surface area contributed by atoms with Gasteiger partial charge in [-0.25, -0.2) is 0 Å². The number of carbonyl (C=O) groups is 2. The number of nitrogens with zero attached hydrogens (tertiary/aromatic N) is 3. The molecule has 2 amide bonds. The minimum Gasteiger partial charge on any atom is -0.378 e. The summed E-state index contributed by atoms with van der Waals surface area (Å²) >= 11 is 0. The fourth-order valence-electron chi connectivity index (χ4n) is 4.65. The molecule has 34 heavy (non-hydrogen) atoms. The van der Waals surface area contributed by atoms with Crippen LogP contribution in [0, 0.1) is 0 Å². The molecule has 8 heteroatoms. The molecule has 0 fully saturated rings. The fraction of sp³-hybridized carbons (Fsp3) is 0.231. The standard InChI is InChI=1S/C26H28N6O2/c1-30(2)15-5-7-21-17(11-15)19(13-28-21)23-24(26(34)29-25(23)33)20-14-32(10-9-27)22-8-6-16(31(3)4)12-18(20)22/h5-8,11-14,28H,9-10,27H2,1-4H3,(H,29,33,34). The van der Waals surface area contributed by atoms with E-state index in [0.717, 1.165) is 38.7 Å². The molecule has 0 atom stereocenters. The molecule has 2 aromatic heterocycles. The zero-order chi connectivity index (χ0) is 24.1. The van der Waals surface area contributed by atoms with Gasteiger partial charge in [0.2, 0.25) is 0 Å². The molecule has 4 N–H and O–H groups in total. The Kier molecular flexibility index (Phi) is 5.17. The van der Waals surface area contributed by atoms with Crippen LogP contribution in [0.2, 0.25) is 0 Å². The minimum absolute atomic E-state index is 0.384. The molecular formula is C26H28N6O2. The molecular weight excluding hydrogens is 428 g/mol. The van der Waals surface area contributed by atoms with Crippen molar-refractivity contribution in [3.8, 4) is 0 Å². The van der Waals surface area contributed by atoms with E-state index in [-0.39, 0.29) is 11.8 Å². The molecule has 174 valence electrons. The second-order valence-corrected chi connectivity index (χ2v) is 8.98. The number of imide groups is 1. The normalized spacial score (nSPS) is 13.9. The highest BCUT2D eigenvalue weighted by Crippen LogP contribution is 2.39. The van der Waals surface area contributed by atoms with Gasteiger partial charge in [-0.2, -0.15) is 0 Å². The lowest BCUT2D eigenvalue weighted by Gasteiger charge is -2.13. The molecule has 0 unspecified atom stereocenters. The van der Waals surface area contributed by atoms with Crippen molar-refractivity contribution in [3.63, 3.8) is 0 Å². The topological polar surface area (TPSA) is 99.4 Å². The number of hydrogen-bond donors (Lipinski definition) is 3. The van der Waals surface area contributed by atoms with E-state index in [0.29, 0.717) is 29.8 Å². The van der Waals surface area contributed by atoms with Crippen molar-refractivity contribution in [2.75, 3.05) is 44.5 Å². The zero-order valence-corrected chi connectivity index (χ0v) is 19.8. The summed E-state index contributed by atoms with van der Waals surface area (Å²) in [5, 5.41) is 4.33. The molecule has 0 radical (unpaired) electrons. The van der Waals surface area contributed by atoms with E-state index in [1.165, 1.54) is 0 Å².